The topological polar surface area (TPSA) is 85.2 Å². The van der Waals surface area contributed by atoms with Crippen molar-refractivity contribution in [1.29, 1.82) is 0 Å². The summed E-state index contributed by atoms with van der Waals surface area (Å²) in [4.78, 5) is 23.9. The smallest absolute Gasteiger partial charge is 0.263 e. The van der Waals surface area contributed by atoms with E-state index in [1.165, 1.54) is 0 Å². The Morgan fingerprint density at radius 2 is 2.12 bits per heavy atom. The predicted molar refractivity (Wildman–Crippen MR) is 99.1 cm³/mol. The molecule has 0 bridgehead atoms. The van der Waals surface area contributed by atoms with E-state index in [1.54, 1.807) is 41.2 Å². The summed E-state index contributed by atoms with van der Waals surface area (Å²) in [5.41, 5.74) is 0.678. The van der Waals surface area contributed by atoms with Crippen molar-refractivity contribution in [2.75, 3.05) is 17.2 Å². The largest absolute Gasteiger partial charge is 0.484 e. The molecule has 1 aliphatic rings. The SMILES string of the molecule is CCCCn1nccc1NC(=O)COc1cccc(NC(=O)C2CC2)c1. The first-order valence-electron chi connectivity index (χ1n) is 9.01. The number of nitrogens with one attached hydrogen (secondary N) is 2. The molecule has 0 saturated heterocycles. The number of carbonyl (C=O) groups is 2. The molecule has 1 heterocycles. The van der Waals surface area contributed by atoms with Crippen molar-refractivity contribution in [2.24, 2.45) is 5.92 Å². The number of rotatable bonds is 9. The number of nitrogens with zero attached hydrogens (tertiary/aromatic N) is 2. The summed E-state index contributed by atoms with van der Waals surface area (Å²) in [5.74, 6) is 1.13. The fraction of sp³-hybridized carbons (Fsp3) is 0.421. The molecule has 7 nitrogen and oxygen atoms in total. The summed E-state index contributed by atoms with van der Waals surface area (Å²) < 4.78 is 7.32. The van der Waals surface area contributed by atoms with Crippen molar-refractivity contribution in [3.05, 3.63) is 36.5 Å². The van der Waals surface area contributed by atoms with Gasteiger partial charge in [0.05, 0.1) is 6.20 Å². The van der Waals surface area contributed by atoms with Crippen molar-refractivity contribution in [2.45, 2.75) is 39.2 Å². The molecule has 3 rings (SSSR count). The van der Waals surface area contributed by atoms with E-state index in [9.17, 15) is 9.59 Å². The molecule has 26 heavy (non-hydrogen) atoms. The first-order valence-corrected chi connectivity index (χ1v) is 9.01. The van der Waals surface area contributed by atoms with Crippen LogP contribution in [0.2, 0.25) is 0 Å². The van der Waals surface area contributed by atoms with Crippen LogP contribution in [-0.4, -0.2) is 28.2 Å². The van der Waals surface area contributed by atoms with Gasteiger partial charge in [-0.2, -0.15) is 5.10 Å². The minimum Gasteiger partial charge on any atom is -0.484 e. The number of benzene rings is 1. The van der Waals surface area contributed by atoms with E-state index in [1.807, 2.05) is 0 Å². The lowest BCUT2D eigenvalue weighted by molar-refractivity contribution is -0.118. The van der Waals surface area contributed by atoms with Crippen molar-refractivity contribution in [3.8, 4) is 5.75 Å². The molecule has 1 aromatic heterocycles. The number of aromatic nitrogens is 2. The Hall–Kier alpha value is -2.83. The highest BCUT2D eigenvalue weighted by molar-refractivity contribution is 5.94. The normalized spacial score (nSPS) is 13.3. The zero-order valence-electron chi connectivity index (χ0n) is 14.9. The predicted octanol–water partition coefficient (Wildman–Crippen LogP) is 3.05. The maximum atomic E-state index is 12.1. The molecule has 0 aliphatic heterocycles. The molecule has 0 radical (unpaired) electrons. The van der Waals surface area contributed by atoms with E-state index < -0.39 is 0 Å². The molecule has 0 spiro atoms. The Bertz CT molecular complexity index is 768. The summed E-state index contributed by atoms with van der Waals surface area (Å²) in [6, 6.07) is 8.83. The molecule has 7 heteroatoms. The molecule has 1 fully saturated rings. The average Bonchev–Trinajstić information content (AvgIpc) is 3.40. The van der Waals surface area contributed by atoms with Crippen LogP contribution in [0.4, 0.5) is 11.5 Å². The van der Waals surface area contributed by atoms with Gasteiger partial charge in [0, 0.05) is 30.3 Å². The van der Waals surface area contributed by atoms with E-state index in [-0.39, 0.29) is 24.3 Å². The molecule has 0 atom stereocenters. The summed E-state index contributed by atoms with van der Waals surface area (Å²) in [6.45, 7) is 2.76. The van der Waals surface area contributed by atoms with E-state index in [0.717, 1.165) is 32.2 Å². The van der Waals surface area contributed by atoms with Gasteiger partial charge in [-0.3, -0.25) is 9.59 Å². The standard InChI is InChI=1S/C19H24N4O3/c1-2-3-11-23-17(9-10-20-23)22-18(24)13-26-16-6-4-5-15(12-16)21-19(25)14-7-8-14/h4-6,9-10,12,14H,2-3,7-8,11,13H2,1H3,(H,21,25)(H,22,24). The van der Waals surface area contributed by atoms with Crippen molar-refractivity contribution in [1.82, 2.24) is 9.78 Å². The van der Waals surface area contributed by atoms with Crippen molar-refractivity contribution < 1.29 is 14.3 Å². The number of hydrogen-bond donors (Lipinski definition) is 2. The van der Waals surface area contributed by atoms with Crippen LogP contribution in [-0.2, 0) is 16.1 Å². The quantitative estimate of drug-likeness (QED) is 0.723. The second-order valence-corrected chi connectivity index (χ2v) is 6.42. The molecular formula is C19H24N4O3. The number of anilines is 2. The fourth-order valence-electron chi connectivity index (χ4n) is 2.51. The summed E-state index contributed by atoms with van der Waals surface area (Å²) in [7, 11) is 0. The Balaban J connectivity index is 1.49. The molecular weight excluding hydrogens is 332 g/mol. The lowest BCUT2D eigenvalue weighted by Gasteiger charge is -2.10. The molecule has 2 N–H and O–H groups in total. The van der Waals surface area contributed by atoms with E-state index in [0.29, 0.717) is 17.3 Å². The van der Waals surface area contributed by atoms with Crippen LogP contribution in [0.1, 0.15) is 32.6 Å². The second kappa shape index (κ2) is 8.51. The Labute approximate surface area is 152 Å². The third-order valence-electron chi connectivity index (χ3n) is 4.13. The van der Waals surface area contributed by atoms with E-state index >= 15 is 0 Å². The third kappa shape index (κ3) is 5.08. The molecule has 1 aromatic carbocycles. The highest BCUT2D eigenvalue weighted by atomic mass is 16.5. The number of ether oxygens (including phenoxy) is 1. The van der Waals surface area contributed by atoms with Gasteiger partial charge in [0.2, 0.25) is 5.91 Å². The van der Waals surface area contributed by atoms with Crippen molar-refractivity contribution >= 4 is 23.3 Å². The van der Waals surface area contributed by atoms with Crippen LogP contribution in [0.5, 0.6) is 5.75 Å². The van der Waals surface area contributed by atoms with Gasteiger partial charge >= 0.3 is 0 Å². The molecule has 1 aliphatic carbocycles. The summed E-state index contributed by atoms with van der Waals surface area (Å²) in [5, 5.41) is 9.88. The summed E-state index contributed by atoms with van der Waals surface area (Å²) >= 11 is 0. The van der Waals surface area contributed by atoms with Gasteiger partial charge in [-0.25, -0.2) is 4.68 Å². The minimum absolute atomic E-state index is 0.0419. The summed E-state index contributed by atoms with van der Waals surface area (Å²) in [6.07, 6.45) is 5.64. The Morgan fingerprint density at radius 1 is 1.27 bits per heavy atom. The molecule has 2 aromatic rings. The maximum absolute atomic E-state index is 12.1. The van der Waals surface area contributed by atoms with Crippen LogP contribution >= 0.6 is 0 Å². The van der Waals surface area contributed by atoms with Crippen LogP contribution < -0.4 is 15.4 Å². The zero-order valence-corrected chi connectivity index (χ0v) is 14.9. The molecule has 138 valence electrons. The zero-order chi connectivity index (χ0) is 18.4. The first-order chi connectivity index (χ1) is 12.7. The maximum Gasteiger partial charge on any atom is 0.263 e. The van der Waals surface area contributed by atoms with Gasteiger partial charge < -0.3 is 15.4 Å². The van der Waals surface area contributed by atoms with Gasteiger partial charge in [-0.05, 0) is 31.4 Å². The average molecular weight is 356 g/mol. The molecule has 1 saturated carbocycles. The number of amides is 2. The Kier molecular flexibility index (Phi) is 5.88. The lowest BCUT2D eigenvalue weighted by Crippen LogP contribution is -2.22. The number of carbonyl (C=O) groups excluding carboxylic acids is 2. The van der Waals surface area contributed by atoms with Crippen LogP contribution in [0, 0.1) is 5.92 Å². The van der Waals surface area contributed by atoms with Gasteiger partial charge in [0.1, 0.15) is 11.6 Å². The van der Waals surface area contributed by atoms with Crippen LogP contribution in [0.15, 0.2) is 36.5 Å². The molecule has 0 unspecified atom stereocenters. The highest BCUT2D eigenvalue weighted by Crippen LogP contribution is 2.30. The van der Waals surface area contributed by atoms with Crippen molar-refractivity contribution in [3.63, 3.8) is 0 Å². The number of hydrogen-bond acceptors (Lipinski definition) is 4. The molecule has 2 amide bonds. The van der Waals surface area contributed by atoms with Crippen LogP contribution in [0.25, 0.3) is 0 Å². The first kappa shape index (κ1) is 18.0. The van der Waals surface area contributed by atoms with E-state index in [2.05, 4.69) is 22.7 Å². The van der Waals surface area contributed by atoms with Gasteiger partial charge in [-0.15, -0.1) is 0 Å². The number of unbranched alkanes of at least 4 members (excludes halogenated alkanes) is 1. The monoisotopic (exact) mass is 356 g/mol. The van der Waals surface area contributed by atoms with Gasteiger partial charge in [-0.1, -0.05) is 19.4 Å². The fourth-order valence-corrected chi connectivity index (χ4v) is 2.51. The Morgan fingerprint density at radius 3 is 2.88 bits per heavy atom. The number of aryl methyl sites for hydroxylation is 1. The second-order valence-electron chi connectivity index (χ2n) is 6.42. The minimum atomic E-state index is -0.254. The lowest BCUT2D eigenvalue weighted by atomic mass is 10.3. The van der Waals surface area contributed by atoms with Gasteiger partial charge in [0.15, 0.2) is 6.61 Å². The third-order valence-corrected chi connectivity index (χ3v) is 4.13. The van der Waals surface area contributed by atoms with E-state index in [4.69, 9.17) is 4.74 Å². The highest BCUT2D eigenvalue weighted by Gasteiger charge is 2.29. The van der Waals surface area contributed by atoms with Crippen LogP contribution in [0.3, 0.4) is 0 Å². The van der Waals surface area contributed by atoms with Gasteiger partial charge in [0.25, 0.3) is 5.91 Å².